The highest BCUT2D eigenvalue weighted by atomic mass is 16.5. The van der Waals surface area contributed by atoms with E-state index in [9.17, 15) is 0 Å². The molecule has 1 aliphatic carbocycles. The first-order valence-corrected chi connectivity index (χ1v) is 7.25. The fraction of sp³-hybridized carbons (Fsp3) is 0.867. The van der Waals surface area contributed by atoms with E-state index in [0.717, 1.165) is 5.92 Å². The van der Waals surface area contributed by atoms with Crippen molar-refractivity contribution in [1.29, 1.82) is 0 Å². The molecule has 0 fully saturated rings. The van der Waals surface area contributed by atoms with Crippen molar-refractivity contribution in [1.82, 2.24) is 0 Å². The minimum atomic E-state index is 0.273. The second-order valence-electron chi connectivity index (χ2n) is 5.34. The number of hydrogen-bond acceptors (Lipinski definition) is 3. The summed E-state index contributed by atoms with van der Waals surface area (Å²) in [6, 6.07) is 0. The normalized spacial score (nSPS) is 25.9. The molecule has 0 saturated carbocycles. The molecule has 3 unspecified atom stereocenters. The highest BCUT2D eigenvalue weighted by molar-refractivity contribution is 5.09. The number of rotatable bonds is 8. The lowest BCUT2D eigenvalue weighted by atomic mass is 9.78. The largest absolute Gasteiger partial charge is 0.378 e. The summed E-state index contributed by atoms with van der Waals surface area (Å²) in [5.41, 5.74) is 6.84. The van der Waals surface area contributed by atoms with Gasteiger partial charge in [-0.3, -0.25) is 0 Å². The molecule has 0 aromatic carbocycles. The van der Waals surface area contributed by atoms with Crippen LogP contribution in [0.1, 0.15) is 40.0 Å². The summed E-state index contributed by atoms with van der Waals surface area (Å²) in [7, 11) is 0. The maximum absolute atomic E-state index is 5.99. The highest BCUT2D eigenvalue weighted by Crippen LogP contribution is 2.32. The van der Waals surface area contributed by atoms with E-state index in [1.807, 2.05) is 0 Å². The van der Waals surface area contributed by atoms with Gasteiger partial charge in [-0.05, 0) is 31.6 Å². The Bertz CT molecular complexity index is 253. The molecular formula is C15H29NO2. The van der Waals surface area contributed by atoms with E-state index < -0.39 is 0 Å². The number of ether oxygens (including phenoxy) is 2. The van der Waals surface area contributed by atoms with Crippen LogP contribution in [0, 0.1) is 11.8 Å². The van der Waals surface area contributed by atoms with E-state index in [1.54, 1.807) is 0 Å². The van der Waals surface area contributed by atoms with Gasteiger partial charge in [0.15, 0.2) is 0 Å². The van der Waals surface area contributed by atoms with E-state index in [-0.39, 0.29) is 6.10 Å². The molecular weight excluding hydrogens is 226 g/mol. The molecule has 3 nitrogen and oxygen atoms in total. The summed E-state index contributed by atoms with van der Waals surface area (Å²) < 4.78 is 11.3. The molecule has 0 aliphatic heterocycles. The summed E-state index contributed by atoms with van der Waals surface area (Å²) in [4.78, 5) is 0. The van der Waals surface area contributed by atoms with Crippen LogP contribution in [-0.2, 0) is 9.47 Å². The van der Waals surface area contributed by atoms with Crippen LogP contribution in [0.3, 0.4) is 0 Å². The maximum Gasteiger partial charge on any atom is 0.0790 e. The van der Waals surface area contributed by atoms with Gasteiger partial charge in [0.05, 0.1) is 25.9 Å². The summed E-state index contributed by atoms with van der Waals surface area (Å²) in [5.74, 6) is 1.39. The van der Waals surface area contributed by atoms with Gasteiger partial charge in [0, 0.05) is 6.54 Å². The Morgan fingerprint density at radius 2 is 2.17 bits per heavy atom. The van der Waals surface area contributed by atoms with Gasteiger partial charge in [0.1, 0.15) is 0 Å². The Hall–Kier alpha value is -0.380. The predicted octanol–water partition coefficient (Wildman–Crippen LogP) is 2.75. The van der Waals surface area contributed by atoms with Gasteiger partial charge in [-0.2, -0.15) is 0 Å². The molecule has 1 aliphatic rings. The quantitative estimate of drug-likeness (QED) is 0.536. The summed E-state index contributed by atoms with van der Waals surface area (Å²) in [5, 5.41) is 0. The minimum Gasteiger partial charge on any atom is -0.378 e. The van der Waals surface area contributed by atoms with E-state index in [0.29, 0.717) is 32.3 Å². The number of allylic oxidation sites excluding steroid dienone is 1. The summed E-state index contributed by atoms with van der Waals surface area (Å²) >= 11 is 0. The Kier molecular flexibility index (Phi) is 7.56. The molecule has 0 saturated heterocycles. The third kappa shape index (κ3) is 5.09. The second kappa shape index (κ2) is 8.68. The van der Waals surface area contributed by atoms with Crippen molar-refractivity contribution < 1.29 is 9.47 Å². The highest BCUT2D eigenvalue weighted by Gasteiger charge is 2.27. The zero-order chi connectivity index (χ0) is 13.4. The Morgan fingerprint density at radius 3 is 2.83 bits per heavy atom. The van der Waals surface area contributed by atoms with Crippen LogP contribution in [0.25, 0.3) is 0 Å². The van der Waals surface area contributed by atoms with Crippen LogP contribution in [0.15, 0.2) is 11.6 Å². The monoisotopic (exact) mass is 255 g/mol. The van der Waals surface area contributed by atoms with Gasteiger partial charge in [0.25, 0.3) is 0 Å². The zero-order valence-electron chi connectivity index (χ0n) is 12.2. The first-order valence-electron chi connectivity index (χ1n) is 7.25. The van der Waals surface area contributed by atoms with E-state index in [4.69, 9.17) is 15.2 Å². The fourth-order valence-corrected chi connectivity index (χ4v) is 2.56. The Balaban J connectivity index is 2.39. The second-order valence-corrected chi connectivity index (χ2v) is 5.34. The van der Waals surface area contributed by atoms with Gasteiger partial charge < -0.3 is 15.2 Å². The zero-order valence-corrected chi connectivity index (χ0v) is 12.2. The van der Waals surface area contributed by atoms with Crippen LogP contribution < -0.4 is 5.73 Å². The lowest BCUT2D eigenvalue weighted by Gasteiger charge is -2.33. The van der Waals surface area contributed by atoms with Crippen molar-refractivity contribution in [2.24, 2.45) is 17.6 Å². The SMILES string of the molecule is CCC(C)C1CCC(C)=CC1OCCOCCN. The molecule has 106 valence electrons. The van der Waals surface area contributed by atoms with E-state index in [1.165, 1.54) is 24.8 Å². The first-order chi connectivity index (χ1) is 8.69. The topological polar surface area (TPSA) is 44.5 Å². The molecule has 3 atom stereocenters. The number of hydrogen-bond donors (Lipinski definition) is 1. The summed E-state index contributed by atoms with van der Waals surface area (Å²) in [6.45, 7) is 9.32. The van der Waals surface area contributed by atoms with Gasteiger partial charge in [-0.1, -0.05) is 31.9 Å². The lowest BCUT2D eigenvalue weighted by Crippen LogP contribution is -2.31. The molecule has 0 aromatic heterocycles. The molecule has 2 N–H and O–H groups in total. The smallest absolute Gasteiger partial charge is 0.0790 e. The van der Waals surface area contributed by atoms with Crippen molar-refractivity contribution in [3.63, 3.8) is 0 Å². The molecule has 0 bridgehead atoms. The van der Waals surface area contributed by atoms with E-state index in [2.05, 4.69) is 26.8 Å². The third-order valence-electron chi connectivity index (χ3n) is 3.92. The third-order valence-corrected chi connectivity index (χ3v) is 3.92. The Labute approximate surface area is 112 Å². The Morgan fingerprint density at radius 1 is 1.39 bits per heavy atom. The fourth-order valence-electron chi connectivity index (χ4n) is 2.56. The molecule has 18 heavy (non-hydrogen) atoms. The predicted molar refractivity (Wildman–Crippen MR) is 75.5 cm³/mol. The van der Waals surface area contributed by atoms with Crippen LogP contribution in [-0.4, -0.2) is 32.5 Å². The van der Waals surface area contributed by atoms with Crippen molar-refractivity contribution >= 4 is 0 Å². The van der Waals surface area contributed by atoms with Crippen molar-refractivity contribution in [2.45, 2.75) is 46.1 Å². The molecule has 0 amide bonds. The molecule has 0 heterocycles. The molecule has 0 spiro atoms. The van der Waals surface area contributed by atoms with Crippen molar-refractivity contribution in [2.75, 3.05) is 26.4 Å². The van der Waals surface area contributed by atoms with Crippen LogP contribution in [0.5, 0.6) is 0 Å². The number of nitrogens with two attached hydrogens (primary N) is 1. The van der Waals surface area contributed by atoms with Gasteiger partial charge >= 0.3 is 0 Å². The van der Waals surface area contributed by atoms with Crippen LogP contribution >= 0.6 is 0 Å². The van der Waals surface area contributed by atoms with Gasteiger partial charge in [-0.25, -0.2) is 0 Å². The standard InChI is InChI=1S/C15H29NO2/c1-4-13(3)14-6-5-12(2)11-15(14)18-10-9-17-8-7-16/h11,13-15H,4-10,16H2,1-3H3. The van der Waals surface area contributed by atoms with Crippen LogP contribution in [0.4, 0.5) is 0 Å². The van der Waals surface area contributed by atoms with E-state index >= 15 is 0 Å². The van der Waals surface area contributed by atoms with Crippen molar-refractivity contribution in [3.05, 3.63) is 11.6 Å². The molecule has 0 radical (unpaired) electrons. The minimum absolute atomic E-state index is 0.273. The molecule has 3 heteroatoms. The van der Waals surface area contributed by atoms with Crippen molar-refractivity contribution in [3.8, 4) is 0 Å². The molecule has 0 aromatic rings. The van der Waals surface area contributed by atoms with Gasteiger partial charge in [0.2, 0.25) is 0 Å². The lowest BCUT2D eigenvalue weighted by molar-refractivity contribution is -0.0146. The molecule has 1 rings (SSSR count). The van der Waals surface area contributed by atoms with Gasteiger partial charge in [-0.15, -0.1) is 0 Å². The first kappa shape index (κ1) is 15.7. The summed E-state index contributed by atoms with van der Waals surface area (Å²) in [6.07, 6.45) is 6.28. The average Bonchev–Trinajstić information content (AvgIpc) is 2.38. The maximum atomic E-state index is 5.99. The average molecular weight is 255 g/mol. The van der Waals surface area contributed by atoms with Crippen LogP contribution in [0.2, 0.25) is 0 Å².